The summed E-state index contributed by atoms with van der Waals surface area (Å²) in [6, 6.07) is 4.56. The van der Waals surface area contributed by atoms with Gasteiger partial charge >= 0.3 is 0 Å². The van der Waals surface area contributed by atoms with Gasteiger partial charge in [0, 0.05) is 16.6 Å². The highest BCUT2D eigenvalue weighted by atomic mass is 35.5. The molecule has 0 N–H and O–H groups in total. The molecule has 1 fully saturated rings. The highest BCUT2D eigenvalue weighted by molar-refractivity contribution is 6.31. The highest BCUT2D eigenvalue weighted by Crippen LogP contribution is 2.31. The van der Waals surface area contributed by atoms with Gasteiger partial charge < -0.3 is 4.90 Å². The van der Waals surface area contributed by atoms with Crippen molar-refractivity contribution in [3.05, 3.63) is 34.6 Å². The smallest absolute Gasteiger partial charge is 0.230 e. The Labute approximate surface area is 116 Å². The van der Waals surface area contributed by atoms with E-state index in [-0.39, 0.29) is 30.7 Å². The van der Waals surface area contributed by atoms with Crippen molar-refractivity contribution in [3.63, 3.8) is 0 Å². The lowest BCUT2D eigenvalue weighted by Gasteiger charge is -2.23. The van der Waals surface area contributed by atoms with Crippen LogP contribution in [0.5, 0.6) is 0 Å². The van der Waals surface area contributed by atoms with Gasteiger partial charge in [0.25, 0.3) is 0 Å². The van der Waals surface area contributed by atoms with E-state index >= 15 is 0 Å². The van der Waals surface area contributed by atoms with Crippen molar-refractivity contribution in [1.29, 1.82) is 0 Å². The topological polar surface area (TPSA) is 37.4 Å². The molecule has 3 nitrogen and oxygen atoms in total. The number of carbonyl (C=O) groups is 2. The van der Waals surface area contributed by atoms with Crippen LogP contribution in [-0.2, 0) is 16.1 Å². The maximum absolute atomic E-state index is 13.7. The van der Waals surface area contributed by atoms with Crippen LogP contribution in [0.3, 0.4) is 0 Å². The zero-order valence-electron chi connectivity index (χ0n) is 10.7. The molecule has 102 valence electrons. The number of nitrogens with zero attached hydrogens (tertiary/aromatic N) is 1. The van der Waals surface area contributed by atoms with Crippen LogP contribution < -0.4 is 0 Å². The van der Waals surface area contributed by atoms with Gasteiger partial charge in [0.15, 0.2) is 0 Å². The number of rotatable bonds is 5. The molecule has 1 aliphatic rings. The Morgan fingerprint density at radius 1 is 1.42 bits per heavy atom. The van der Waals surface area contributed by atoms with Crippen molar-refractivity contribution in [2.75, 3.05) is 0 Å². The molecule has 1 aliphatic carbocycles. The Kier molecular flexibility index (Phi) is 4.20. The monoisotopic (exact) mass is 283 g/mol. The lowest BCUT2D eigenvalue weighted by atomic mass is 10.1. The van der Waals surface area contributed by atoms with E-state index in [2.05, 4.69) is 0 Å². The summed E-state index contributed by atoms with van der Waals surface area (Å²) in [5.41, 5.74) is 0.313. The number of Topliss-reactive ketones (excluding diaryl/α,β-unsaturated/α-hetero) is 1. The predicted molar refractivity (Wildman–Crippen MR) is 70.3 cm³/mol. The molecule has 0 radical (unpaired) electrons. The summed E-state index contributed by atoms with van der Waals surface area (Å²) in [6.45, 7) is 1.50. The van der Waals surface area contributed by atoms with Gasteiger partial charge in [0.05, 0.1) is 13.0 Å². The maximum atomic E-state index is 13.7. The second-order valence-corrected chi connectivity index (χ2v) is 5.24. The van der Waals surface area contributed by atoms with E-state index in [4.69, 9.17) is 11.6 Å². The molecule has 19 heavy (non-hydrogen) atoms. The van der Waals surface area contributed by atoms with Gasteiger partial charge in [-0.2, -0.15) is 0 Å². The number of ketones is 1. The van der Waals surface area contributed by atoms with Crippen molar-refractivity contribution in [3.8, 4) is 0 Å². The fraction of sp³-hybridized carbons (Fsp3) is 0.429. The number of carbonyl (C=O) groups excluding carboxylic acids is 2. The standard InChI is InChI=1S/C14H15ClFNO2/c1-9(18)7-14(19)17(10-5-6-10)8-11-12(15)3-2-4-13(11)16/h2-4,10H,5-8H2,1H3. The van der Waals surface area contributed by atoms with Crippen LogP contribution >= 0.6 is 11.6 Å². The molecule has 0 heterocycles. The molecule has 2 rings (SSSR count). The lowest BCUT2D eigenvalue weighted by Crippen LogP contribution is -2.34. The molecule has 0 aromatic heterocycles. The summed E-state index contributed by atoms with van der Waals surface area (Å²) in [6.07, 6.45) is 1.66. The molecule has 0 aliphatic heterocycles. The van der Waals surface area contributed by atoms with Crippen LogP contribution in [-0.4, -0.2) is 22.6 Å². The van der Waals surface area contributed by atoms with Gasteiger partial charge in [-0.05, 0) is 31.9 Å². The van der Waals surface area contributed by atoms with Gasteiger partial charge in [-0.15, -0.1) is 0 Å². The Hall–Kier alpha value is -1.42. The molecular formula is C14H15ClFNO2. The first-order valence-corrected chi connectivity index (χ1v) is 6.58. The second-order valence-electron chi connectivity index (χ2n) is 4.83. The van der Waals surface area contributed by atoms with Gasteiger partial charge in [-0.25, -0.2) is 4.39 Å². The first-order valence-electron chi connectivity index (χ1n) is 6.21. The van der Waals surface area contributed by atoms with Crippen LogP contribution in [0.25, 0.3) is 0 Å². The van der Waals surface area contributed by atoms with Crippen LogP contribution in [0.15, 0.2) is 18.2 Å². The molecule has 1 aromatic rings. The minimum absolute atomic E-state index is 0.113. The number of hydrogen-bond acceptors (Lipinski definition) is 2. The Morgan fingerprint density at radius 3 is 2.63 bits per heavy atom. The van der Waals surface area contributed by atoms with Gasteiger partial charge in [-0.3, -0.25) is 9.59 Å². The van der Waals surface area contributed by atoms with Crippen LogP contribution in [0, 0.1) is 5.82 Å². The van der Waals surface area contributed by atoms with Gasteiger partial charge in [0.1, 0.15) is 11.6 Å². The maximum Gasteiger partial charge on any atom is 0.230 e. The number of benzene rings is 1. The molecule has 0 spiro atoms. The fourth-order valence-corrected chi connectivity index (χ4v) is 2.20. The summed E-state index contributed by atoms with van der Waals surface area (Å²) in [4.78, 5) is 24.6. The van der Waals surface area contributed by atoms with Crippen molar-refractivity contribution >= 4 is 23.3 Å². The molecular weight excluding hydrogens is 269 g/mol. The number of amides is 1. The average molecular weight is 284 g/mol. The summed E-state index contributed by atoms with van der Waals surface area (Å²) in [7, 11) is 0. The lowest BCUT2D eigenvalue weighted by molar-refractivity contribution is -0.135. The second kappa shape index (κ2) is 5.70. The van der Waals surface area contributed by atoms with Crippen LogP contribution in [0.2, 0.25) is 5.02 Å². The largest absolute Gasteiger partial charge is 0.335 e. The third-order valence-corrected chi connectivity index (χ3v) is 3.45. The van der Waals surface area contributed by atoms with E-state index in [1.165, 1.54) is 19.1 Å². The third-order valence-electron chi connectivity index (χ3n) is 3.10. The predicted octanol–water partition coefficient (Wildman–Crippen LogP) is 2.95. The van der Waals surface area contributed by atoms with E-state index in [0.717, 1.165) is 12.8 Å². The van der Waals surface area contributed by atoms with E-state index in [1.54, 1.807) is 11.0 Å². The van der Waals surface area contributed by atoms with Gasteiger partial charge in [-0.1, -0.05) is 17.7 Å². The summed E-state index contributed by atoms with van der Waals surface area (Å²) >= 11 is 5.96. The highest BCUT2D eigenvalue weighted by Gasteiger charge is 2.33. The summed E-state index contributed by atoms with van der Waals surface area (Å²) in [5.74, 6) is -0.863. The minimum Gasteiger partial charge on any atom is -0.335 e. The first kappa shape index (κ1) is 14.0. The third kappa shape index (κ3) is 3.53. The normalized spacial score (nSPS) is 14.3. The summed E-state index contributed by atoms with van der Waals surface area (Å²) in [5, 5.41) is 0.307. The van der Waals surface area contributed by atoms with Gasteiger partial charge in [0.2, 0.25) is 5.91 Å². The van der Waals surface area contributed by atoms with E-state index in [9.17, 15) is 14.0 Å². The first-order chi connectivity index (χ1) is 8.99. The Balaban J connectivity index is 2.17. The van der Waals surface area contributed by atoms with Crippen LogP contribution in [0.4, 0.5) is 4.39 Å². The average Bonchev–Trinajstić information content (AvgIpc) is 3.11. The zero-order chi connectivity index (χ0) is 14.0. The van der Waals surface area contributed by atoms with Crippen molar-refractivity contribution < 1.29 is 14.0 Å². The molecule has 1 amide bonds. The van der Waals surface area contributed by atoms with E-state index in [0.29, 0.717) is 10.6 Å². The molecule has 0 unspecified atom stereocenters. The summed E-state index contributed by atoms with van der Waals surface area (Å²) < 4.78 is 13.7. The van der Waals surface area contributed by atoms with Crippen molar-refractivity contribution in [1.82, 2.24) is 4.90 Å². The SMILES string of the molecule is CC(=O)CC(=O)N(Cc1c(F)cccc1Cl)C1CC1. The zero-order valence-corrected chi connectivity index (χ0v) is 11.4. The van der Waals surface area contributed by atoms with E-state index in [1.807, 2.05) is 0 Å². The minimum atomic E-state index is -0.422. The molecule has 0 saturated heterocycles. The number of hydrogen-bond donors (Lipinski definition) is 0. The molecule has 1 saturated carbocycles. The number of halogens is 2. The molecule has 0 bridgehead atoms. The molecule has 5 heteroatoms. The Morgan fingerprint density at radius 2 is 2.11 bits per heavy atom. The Bertz CT molecular complexity index is 494. The van der Waals surface area contributed by atoms with Crippen molar-refractivity contribution in [2.45, 2.75) is 38.8 Å². The molecule has 0 atom stereocenters. The van der Waals surface area contributed by atoms with Crippen molar-refractivity contribution in [2.24, 2.45) is 0 Å². The fourth-order valence-electron chi connectivity index (χ4n) is 1.98. The van der Waals surface area contributed by atoms with E-state index < -0.39 is 5.82 Å². The quantitative estimate of drug-likeness (QED) is 0.779. The molecule has 1 aromatic carbocycles. The van der Waals surface area contributed by atoms with Crippen LogP contribution in [0.1, 0.15) is 31.7 Å².